The number of nitrogens with two attached hydrogens (primary N) is 1. The number of aryl methyl sites for hydroxylation is 1. The van der Waals surface area contributed by atoms with Crippen LogP contribution in [0.1, 0.15) is 31.0 Å². The monoisotopic (exact) mass is 180 g/mol. The maximum Gasteiger partial charge on any atom is 0.250 e. The molecule has 1 aromatic heterocycles. The number of pyridine rings is 1. The predicted octanol–water partition coefficient (Wildman–Crippen LogP) is 1.34. The third kappa shape index (κ3) is 2.18. The first-order valence-electron chi connectivity index (χ1n) is 4.47. The van der Waals surface area contributed by atoms with Crippen molar-refractivity contribution in [1.29, 1.82) is 0 Å². The molecule has 0 aromatic carbocycles. The molecule has 3 N–H and O–H groups in total. The van der Waals surface area contributed by atoms with Gasteiger partial charge in [-0.3, -0.25) is 4.79 Å². The maximum absolute atomic E-state index is 11.1. The molecule has 0 radical (unpaired) electrons. The molecular formula is C10H16N2O. The average molecular weight is 180 g/mol. The van der Waals surface area contributed by atoms with Crippen LogP contribution in [-0.2, 0) is 0 Å². The Labute approximate surface area is 78.0 Å². The van der Waals surface area contributed by atoms with E-state index in [1.807, 2.05) is 6.07 Å². The van der Waals surface area contributed by atoms with Crippen molar-refractivity contribution >= 4 is 0 Å². The minimum Gasteiger partial charge on any atom is -0.329 e. The van der Waals surface area contributed by atoms with Crippen molar-refractivity contribution in [2.75, 3.05) is 0 Å². The summed E-state index contributed by atoms with van der Waals surface area (Å²) in [5.41, 5.74) is 7.60. The minimum absolute atomic E-state index is 0.00412. The van der Waals surface area contributed by atoms with E-state index in [4.69, 9.17) is 5.73 Å². The van der Waals surface area contributed by atoms with Gasteiger partial charge < -0.3 is 10.7 Å². The van der Waals surface area contributed by atoms with Crippen LogP contribution in [0.5, 0.6) is 0 Å². The van der Waals surface area contributed by atoms with Crippen LogP contribution in [0.2, 0.25) is 0 Å². The molecule has 0 saturated carbocycles. The van der Waals surface area contributed by atoms with Crippen molar-refractivity contribution < 1.29 is 0 Å². The van der Waals surface area contributed by atoms with Crippen LogP contribution in [0, 0.1) is 12.8 Å². The third-order valence-corrected chi connectivity index (χ3v) is 2.21. The zero-order valence-corrected chi connectivity index (χ0v) is 8.29. The number of rotatable bonds is 2. The highest BCUT2D eigenvalue weighted by Crippen LogP contribution is 2.17. The van der Waals surface area contributed by atoms with Crippen LogP contribution in [-0.4, -0.2) is 4.98 Å². The first kappa shape index (κ1) is 9.99. The van der Waals surface area contributed by atoms with Gasteiger partial charge in [0.05, 0.1) is 0 Å². The van der Waals surface area contributed by atoms with Gasteiger partial charge in [-0.2, -0.15) is 0 Å². The van der Waals surface area contributed by atoms with E-state index < -0.39 is 0 Å². The standard InChI is InChI=1S/C10H16N2O/c1-6(2)9(11)8-4-7(3)10(13)12-5-8/h4-6,9H,11H2,1-3H3,(H,12,13). The lowest BCUT2D eigenvalue weighted by atomic mass is 9.98. The van der Waals surface area contributed by atoms with Crippen molar-refractivity contribution in [3.8, 4) is 0 Å². The predicted molar refractivity (Wildman–Crippen MR) is 53.6 cm³/mol. The molecule has 1 rings (SSSR count). The average Bonchev–Trinajstić information content (AvgIpc) is 2.08. The summed E-state index contributed by atoms with van der Waals surface area (Å²) in [6.45, 7) is 5.91. The molecule has 72 valence electrons. The Morgan fingerprint density at radius 1 is 1.46 bits per heavy atom. The van der Waals surface area contributed by atoms with E-state index in [0.29, 0.717) is 11.5 Å². The maximum atomic E-state index is 11.1. The zero-order valence-electron chi connectivity index (χ0n) is 8.29. The van der Waals surface area contributed by atoms with Crippen LogP contribution in [0.3, 0.4) is 0 Å². The van der Waals surface area contributed by atoms with Gasteiger partial charge in [-0.1, -0.05) is 13.8 Å². The molecule has 1 atom stereocenters. The Morgan fingerprint density at radius 2 is 2.08 bits per heavy atom. The van der Waals surface area contributed by atoms with E-state index in [-0.39, 0.29) is 11.6 Å². The lowest BCUT2D eigenvalue weighted by molar-refractivity contribution is 0.512. The molecule has 0 bridgehead atoms. The van der Waals surface area contributed by atoms with Crippen molar-refractivity contribution in [2.24, 2.45) is 11.7 Å². The number of H-pyrrole nitrogens is 1. The summed E-state index contributed by atoms with van der Waals surface area (Å²) in [7, 11) is 0. The first-order valence-corrected chi connectivity index (χ1v) is 4.47. The molecule has 3 nitrogen and oxygen atoms in total. The Balaban J connectivity index is 3.04. The third-order valence-electron chi connectivity index (χ3n) is 2.21. The van der Waals surface area contributed by atoms with E-state index in [9.17, 15) is 4.79 Å². The van der Waals surface area contributed by atoms with Crippen molar-refractivity contribution in [3.05, 3.63) is 33.7 Å². The topological polar surface area (TPSA) is 58.9 Å². The molecule has 0 aliphatic carbocycles. The second kappa shape index (κ2) is 3.75. The summed E-state index contributed by atoms with van der Waals surface area (Å²) in [6.07, 6.45) is 1.69. The highest BCUT2D eigenvalue weighted by atomic mass is 16.1. The van der Waals surface area contributed by atoms with Gasteiger partial charge in [0.1, 0.15) is 0 Å². The molecule has 0 aliphatic heterocycles. The fraction of sp³-hybridized carbons (Fsp3) is 0.500. The largest absolute Gasteiger partial charge is 0.329 e. The number of nitrogens with one attached hydrogen (secondary N) is 1. The van der Waals surface area contributed by atoms with Gasteiger partial charge >= 0.3 is 0 Å². The molecule has 1 unspecified atom stereocenters. The zero-order chi connectivity index (χ0) is 10.0. The van der Waals surface area contributed by atoms with Gasteiger partial charge in [-0.25, -0.2) is 0 Å². The van der Waals surface area contributed by atoms with Gasteiger partial charge in [0.2, 0.25) is 0 Å². The highest BCUT2D eigenvalue weighted by molar-refractivity contribution is 5.20. The second-order valence-electron chi connectivity index (χ2n) is 3.71. The van der Waals surface area contributed by atoms with Crippen molar-refractivity contribution in [1.82, 2.24) is 4.98 Å². The van der Waals surface area contributed by atoms with Crippen LogP contribution < -0.4 is 11.3 Å². The van der Waals surface area contributed by atoms with E-state index in [1.54, 1.807) is 13.1 Å². The first-order chi connectivity index (χ1) is 6.02. The quantitative estimate of drug-likeness (QED) is 0.721. The number of hydrogen-bond donors (Lipinski definition) is 2. The Morgan fingerprint density at radius 3 is 2.54 bits per heavy atom. The highest BCUT2D eigenvalue weighted by Gasteiger charge is 2.10. The summed E-state index contributed by atoms with van der Waals surface area (Å²) in [6, 6.07) is 1.85. The summed E-state index contributed by atoms with van der Waals surface area (Å²) in [5.74, 6) is 0.380. The summed E-state index contributed by atoms with van der Waals surface area (Å²) < 4.78 is 0. The minimum atomic E-state index is -0.0419. The smallest absolute Gasteiger partial charge is 0.250 e. The molecule has 0 amide bonds. The van der Waals surface area contributed by atoms with Crippen LogP contribution in [0.15, 0.2) is 17.1 Å². The van der Waals surface area contributed by atoms with Crippen LogP contribution >= 0.6 is 0 Å². The molecule has 0 fully saturated rings. The lowest BCUT2D eigenvalue weighted by Gasteiger charge is -2.15. The van der Waals surface area contributed by atoms with Gasteiger partial charge in [0, 0.05) is 17.8 Å². The molecule has 0 spiro atoms. The molecule has 1 heterocycles. The molecule has 1 aromatic rings. The van der Waals surface area contributed by atoms with E-state index in [2.05, 4.69) is 18.8 Å². The Bertz CT molecular complexity index is 341. The van der Waals surface area contributed by atoms with Gasteiger partial charge in [0.25, 0.3) is 5.56 Å². The second-order valence-corrected chi connectivity index (χ2v) is 3.71. The number of aromatic nitrogens is 1. The molecule has 3 heteroatoms. The molecule has 13 heavy (non-hydrogen) atoms. The number of aromatic amines is 1. The molecule has 0 saturated heterocycles. The summed E-state index contributed by atoms with van der Waals surface area (Å²) in [5, 5.41) is 0. The van der Waals surface area contributed by atoms with Crippen molar-refractivity contribution in [3.63, 3.8) is 0 Å². The van der Waals surface area contributed by atoms with Gasteiger partial charge in [0.15, 0.2) is 0 Å². The van der Waals surface area contributed by atoms with Gasteiger partial charge in [-0.15, -0.1) is 0 Å². The van der Waals surface area contributed by atoms with Crippen LogP contribution in [0.25, 0.3) is 0 Å². The SMILES string of the molecule is Cc1cc(C(N)C(C)C)c[nH]c1=O. The summed E-state index contributed by atoms with van der Waals surface area (Å²) >= 11 is 0. The van der Waals surface area contributed by atoms with Crippen molar-refractivity contribution in [2.45, 2.75) is 26.8 Å². The fourth-order valence-electron chi connectivity index (χ4n) is 1.20. The summed E-state index contributed by atoms with van der Waals surface area (Å²) in [4.78, 5) is 13.7. The lowest BCUT2D eigenvalue weighted by Crippen LogP contribution is -2.19. The van der Waals surface area contributed by atoms with Crippen LogP contribution in [0.4, 0.5) is 0 Å². The van der Waals surface area contributed by atoms with E-state index in [1.165, 1.54) is 0 Å². The van der Waals surface area contributed by atoms with E-state index >= 15 is 0 Å². The molecular weight excluding hydrogens is 164 g/mol. The number of hydrogen-bond acceptors (Lipinski definition) is 2. The van der Waals surface area contributed by atoms with E-state index in [0.717, 1.165) is 5.56 Å². The van der Waals surface area contributed by atoms with Gasteiger partial charge in [-0.05, 0) is 24.5 Å². The Kier molecular flexibility index (Phi) is 2.88. The fourth-order valence-corrected chi connectivity index (χ4v) is 1.20. The normalized spacial score (nSPS) is 13.3. The molecule has 0 aliphatic rings. The Hall–Kier alpha value is -1.09.